The Kier molecular flexibility index (Phi) is 4.96. The average Bonchev–Trinajstić information content (AvgIpc) is 1.84. The molecule has 0 aromatic carbocycles. The molecule has 2 nitrogen and oxygen atoms in total. The minimum atomic E-state index is -0.284. The lowest BCUT2D eigenvalue weighted by Gasteiger charge is -2.07. The second-order valence-corrected chi connectivity index (χ2v) is 3.76. The quantitative estimate of drug-likeness (QED) is 0.449. The highest BCUT2D eigenvalue weighted by molar-refractivity contribution is 14.2. The fourth-order valence-corrected chi connectivity index (χ4v) is 0.859. The second-order valence-electron chi connectivity index (χ2n) is 2.05. The topological polar surface area (TPSA) is 24.7 Å². The van der Waals surface area contributed by atoms with Crippen LogP contribution in [-0.2, 0) is 12.4 Å². The van der Waals surface area contributed by atoms with Crippen LogP contribution in [0.3, 0.4) is 0 Å². The molecule has 52 valence electrons. The van der Waals surface area contributed by atoms with Gasteiger partial charge in [-0.3, -0.25) is 0 Å². The molecule has 0 saturated heterocycles. The Morgan fingerprint density at radius 1 is 1.67 bits per heavy atom. The van der Waals surface area contributed by atoms with E-state index in [1.807, 2.05) is 13.8 Å². The third kappa shape index (κ3) is 5.23. The molecule has 0 aliphatic heterocycles. The molecule has 0 atom stereocenters. The van der Waals surface area contributed by atoms with Crippen LogP contribution in [0.5, 0.6) is 0 Å². The normalized spacial score (nSPS) is 12.3. The van der Waals surface area contributed by atoms with E-state index in [0.717, 1.165) is 0 Å². The molecule has 0 fully saturated rings. The largest absolute Gasteiger partial charge is 0.215 e. The van der Waals surface area contributed by atoms with Crippen molar-refractivity contribution in [1.29, 1.82) is 0 Å². The molecule has 0 aromatic heterocycles. The molecule has 0 rings (SSSR count). The summed E-state index contributed by atoms with van der Waals surface area (Å²) >= 11 is 6.61. The van der Waals surface area contributed by atoms with E-state index in [1.54, 1.807) is 6.21 Å². The highest BCUT2D eigenvalue weighted by Crippen LogP contribution is 2.13. The standard InChI is InChI=1S/C4H7IN2S2/c1-4(2,7-8)3-6-9-5/h3H,1-2H3/b6-3-. The van der Waals surface area contributed by atoms with Crippen LogP contribution in [-0.4, -0.2) is 11.8 Å². The third-order valence-electron chi connectivity index (χ3n) is 0.644. The highest BCUT2D eigenvalue weighted by atomic mass is 127. The van der Waals surface area contributed by atoms with Crippen LogP contribution in [0.2, 0.25) is 0 Å². The van der Waals surface area contributed by atoms with E-state index >= 15 is 0 Å². The molecule has 5 heteroatoms. The number of nitrogens with zero attached hydrogens (tertiary/aromatic N) is 2. The molecular weight excluding hydrogens is 267 g/mol. The van der Waals surface area contributed by atoms with E-state index in [0.29, 0.717) is 0 Å². The highest BCUT2D eigenvalue weighted by Gasteiger charge is 2.10. The van der Waals surface area contributed by atoms with E-state index in [1.165, 1.54) is 9.12 Å². The van der Waals surface area contributed by atoms with Crippen molar-refractivity contribution >= 4 is 49.0 Å². The van der Waals surface area contributed by atoms with Gasteiger partial charge >= 0.3 is 0 Å². The zero-order valence-corrected chi connectivity index (χ0v) is 8.96. The van der Waals surface area contributed by atoms with Gasteiger partial charge in [0.15, 0.2) is 0 Å². The van der Waals surface area contributed by atoms with Crippen LogP contribution in [0, 0.1) is 0 Å². The van der Waals surface area contributed by atoms with Gasteiger partial charge in [-0.25, -0.2) is 8.76 Å². The van der Waals surface area contributed by atoms with Crippen molar-refractivity contribution in [3.05, 3.63) is 0 Å². The molecule has 0 spiro atoms. The zero-order chi connectivity index (χ0) is 7.33. The molecule has 9 heavy (non-hydrogen) atoms. The summed E-state index contributed by atoms with van der Waals surface area (Å²) in [5, 5.41) is 0. The molecule has 0 aliphatic rings. The van der Waals surface area contributed by atoms with E-state index in [-0.39, 0.29) is 5.54 Å². The molecule has 0 amide bonds. The predicted molar refractivity (Wildman–Crippen MR) is 54.0 cm³/mol. The van der Waals surface area contributed by atoms with Crippen LogP contribution < -0.4 is 0 Å². The van der Waals surface area contributed by atoms with Gasteiger partial charge in [0.25, 0.3) is 0 Å². The molecule has 0 aromatic rings. The number of hydrogen-bond acceptors (Lipinski definition) is 4. The first-order chi connectivity index (χ1) is 4.12. The van der Waals surface area contributed by atoms with Crippen molar-refractivity contribution in [2.45, 2.75) is 19.4 Å². The van der Waals surface area contributed by atoms with E-state index in [4.69, 9.17) is 0 Å². The van der Waals surface area contributed by atoms with Gasteiger partial charge < -0.3 is 0 Å². The summed E-state index contributed by atoms with van der Waals surface area (Å²) in [6.07, 6.45) is 1.73. The molecule has 0 bridgehead atoms. The van der Waals surface area contributed by atoms with Crippen LogP contribution >= 0.6 is 30.3 Å². The number of rotatable bonds is 3. The van der Waals surface area contributed by atoms with Crippen molar-refractivity contribution in [1.82, 2.24) is 0 Å². The van der Waals surface area contributed by atoms with Gasteiger partial charge in [0.1, 0.15) is 5.54 Å². The second kappa shape index (κ2) is 4.56. The van der Waals surface area contributed by atoms with Crippen LogP contribution in [0.15, 0.2) is 8.76 Å². The maximum atomic E-state index is 4.52. The lowest BCUT2D eigenvalue weighted by molar-refractivity contribution is 0.733. The van der Waals surface area contributed by atoms with Gasteiger partial charge in [0.2, 0.25) is 0 Å². The summed E-state index contributed by atoms with van der Waals surface area (Å²) in [6, 6.07) is 0. The van der Waals surface area contributed by atoms with Gasteiger partial charge in [-0.15, -0.1) is 0 Å². The van der Waals surface area contributed by atoms with Gasteiger partial charge in [-0.05, 0) is 13.8 Å². The Morgan fingerprint density at radius 2 is 2.22 bits per heavy atom. The summed E-state index contributed by atoms with van der Waals surface area (Å²) in [4.78, 5) is 0. The molecule has 0 heterocycles. The molecular formula is C4H7IN2S2. The minimum Gasteiger partial charge on any atom is -0.215 e. The fourth-order valence-electron chi connectivity index (χ4n) is 0.172. The van der Waals surface area contributed by atoms with Crippen molar-refractivity contribution in [3.8, 4) is 0 Å². The third-order valence-corrected chi connectivity index (χ3v) is 1.98. The predicted octanol–water partition coefficient (Wildman–Crippen LogP) is 2.56. The Morgan fingerprint density at radius 3 is 2.56 bits per heavy atom. The first kappa shape index (κ1) is 9.77. The molecule has 0 radical (unpaired) electrons. The van der Waals surface area contributed by atoms with Crippen molar-refractivity contribution in [2.24, 2.45) is 8.76 Å². The molecule has 0 saturated carbocycles. The Balaban J connectivity index is 3.84. The van der Waals surface area contributed by atoms with Crippen LogP contribution in [0.1, 0.15) is 13.8 Å². The SMILES string of the molecule is CC(C)(/C=N\SI)N=S. The maximum Gasteiger partial charge on any atom is 0.104 e. The summed E-state index contributed by atoms with van der Waals surface area (Å²) in [6.45, 7) is 3.83. The molecule has 0 unspecified atom stereocenters. The monoisotopic (exact) mass is 274 g/mol. The van der Waals surface area contributed by atoms with E-state index < -0.39 is 0 Å². The summed E-state index contributed by atoms with van der Waals surface area (Å²) in [5.74, 6) is 0. The Labute approximate surface area is 76.8 Å². The summed E-state index contributed by atoms with van der Waals surface area (Å²) in [5.41, 5.74) is -0.284. The average molecular weight is 274 g/mol. The van der Waals surface area contributed by atoms with Gasteiger partial charge in [0, 0.05) is 49.0 Å². The molecule has 0 N–H and O–H groups in total. The van der Waals surface area contributed by atoms with Crippen molar-refractivity contribution in [3.63, 3.8) is 0 Å². The first-order valence-electron chi connectivity index (χ1n) is 2.29. The van der Waals surface area contributed by atoms with Gasteiger partial charge in [0.05, 0.1) is 0 Å². The van der Waals surface area contributed by atoms with Gasteiger partial charge in [-0.1, -0.05) is 0 Å². The number of halogens is 1. The van der Waals surface area contributed by atoms with E-state index in [9.17, 15) is 0 Å². The maximum absolute atomic E-state index is 4.52. The van der Waals surface area contributed by atoms with Crippen LogP contribution in [0.4, 0.5) is 0 Å². The zero-order valence-electron chi connectivity index (χ0n) is 5.17. The minimum absolute atomic E-state index is 0.284. The lowest BCUT2D eigenvalue weighted by Crippen LogP contribution is -2.16. The number of hydrogen-bond donors (Lipinski definition) is 0. The van der Waals surface area contributed by atoms with Gasteiger partial charge in [-0.2, -0.15) is 0 Å². The Bertz CT molecular complexity index is 124. The summed E-state index contributed by atoms with van der Waals surface area (Å²) in [7, 11) is 1.38. The first-order valence-corrected chi connectivity index (χ1v) is 5.97. The Hall–Kier alpha value is 0.770. The lowest BCUT2D eigenvalue weighted by atomic mass is 10.1. The smallest absolute Gasteiger partial charge is 0.104 e. The van der Waals surface area contributed by atoms with E-state index in [2.05, 4.69) is 42.4 Å². The van der Waals surface area contributed by atoms with Crippen molar-refractivity contribution < 1.29 is 0 Å². The van der Waals surface area contributed by atoms with Crippen molar-refractivity contribution in [2.75, 3.05) is 0 Å². The molecule has 0 aliphatic carbocycles. The fraction of sp³-hybridized carbons (Fsp3) is 0.750. The summed E-state index contributed by atoms with van der Waals surface area (Å²) < 4.78 is 7.61. The van der Waals surface area contributed by atoms with Crippen LogP contribution in [0.25, 0.3) is 0 Å².